The fraction of sp³-hybridized carbons (Fsp3) is 0.688. The molecular weight excluding hydrogens is 298 g/mol. The first kappa shape index (κ1) is 17.2. The largest absolute Gasteiger partial charge is 0.372 e. The highest BCUT2D eigenvalue weighted by atomic mass is 32.2. The minimum atomic E-state index is 0.111. The fourth-order valence-electron chi connectivity index (χ4n) is 2.93. The second kappa shape index (κ2) is 7.42. The molecule has 2 rings (SSSR count). The van der Waals surface area contributed by atoms with Crippen LogP contribution in [0.5, 0.6) is 0 Å². The number of hydrogen-bond acceptors (Lipinski definition) is 5. The number of hydrogen-bond donors (Lipinski definition) is 0. The molecule has 0 aliphatic carbocycles. The number of amides is 1. The molecule has 0 radical (unpaired) electrons. The summed E-state index contributed by atoms with van der Waals surface area (Å²) >= 11 is 1.54. The maximum absolute atomic E-state index is 12.4. The summed E-state index contributed by atoms with van der Waals surface area (Å²) in [6, 6.07) is 0. The van der Waals surface area contributed by atoms with Crippen molar-refractivity contribution in [3.05, 3.63) is 17.0 Å². The van der Waals surface area contributed by atoms with Crippen molar-refractivity contribution < 1.29 is 9.53 Å². The normalized spacial score (nSPS) is 22.0. The average molecular weight is 323 g/mol. The lowest BCUT2D eigenvalue weighted by Crippen LogP contribution is -2.48. The summed E-state index contributed by atoms with van der Waals surface area (Å²) in [5.41, 5.74) is 3.06. The quantitative estimate of drug-likeness (QED) is 0.629. The van der Waals surface area contributed by atoms with Gasteiger partial charge in [0.25, 0.3) is 0 Å². The van der Waals surface area contributed by atoms with Crippen LogP contribution in [0.3, 0.4) is 0 Å². The van der Waals surface area contributed by atoms with Crippen LogP contribution in [0.1, 0.15) is 37.2 Å². The van der Waals surface area contributed by atoms with Gasteiger partial charge in [-0.2, -0.15) is 0 Å². The fourth-order valence-corrected chi connectivity index (χ4v) is 3.39. The summed E-state index contributed by atoms with van der Waals surface area (Å²) in [5, 5.41) is 0.793. The van der Waals surface area contributed by atoms with Gasteiger partial charge in [0.05, 0.1) is 12.2 Å². The van der Waals surface area contributed by atoms with Crippen molar-refractivity contribution in [1.29, 1.82) is 0 Å². The van der Waals surface area contributed by atoms with E-state index in [2.05, 4.69) is 9.97 Å². The van der Waals surface area contributed by atoms with Gasteiger partial charge in [-0.15, -0.1) is 0 Å². The molecule has 1 aromatic rings. The minimum Gasteiger partial charge on any atom is -0.372 e. The smallest absolute Gasteiger partial charge is 0.223 e. The SMILES string of the molecule is CSc1nc(C)c(CCC(=O)N2CC(C)OC(C)C2)c(C)n1. The molecule has 0 aromatic carbocycles. The Balaban J connectivity index is 1.99. The van der Waals surface area contributed by atoms with Gasteiger partial charge in [0.2, 0.25) is 5.91 Å². The number of morpholine rings is 1. The summed E-state index contributed by atoms with van der Waals surface area (Å²) in [7, 11) is 0. The average Bonchev–Trinajstić information content (AvgIpc) is 2.44. The summed E-state index contributed by atoms with van der Waals surface area (Å²) < 4.78 is 5.68. The Bertz CT molecular complexity index is 517. The van der Waals surface area contributed by atoms with E-state index in [4.69, 9.17) is 4.74 Å². The second-order valence-electron chi connectivity index (χ2n) is 5.92. The number of rotatable bonds is 4. The molecule has 0 spiro atoms. The Morgan fingerprint density at radius 2 is 1.77 bits per heavy atom. The molecule has 1 saturated heterocycles. The van der Waals surface area contributed by atoms with Crippen molar-refractivity contribution in [3.8, 4) is 0 Å². The van der Waals surface area contributed by atoms with E-state index in [9.17, 15) is 4.79 Å². The predicted molar refractivity (Wildman–Crippen MR) is 88.2 cm³/mol. The highest BCUT2D eigenvalue weighted by Crippen LogP contribution is 2.18. The monoisotopic (exact) mass is 323 g/mol. The topological polar surface area (TPSA) is 55.3 Å². The third kappa shape index (κ3) is 4.20. The lowest BCUT2D eigenvalue weighted by molar-refractivity contribution is -0.143. The van der Waals surface area contributed by atoms with Gasteiger partial charge in [-0.1, -0.05) is 11.8 Å². The number of nitrogens with zero attached hydrogens (tertiary/aromatic N) is 3. The molecule has 1 fully saturated rings. The summed E-state index contributed by atoms with van der Waals surface area (Å²) in [6.07, 6.45) is 3.40. The number of ether oxygens (including phenoxy) is 1. The highest BCUT2D eigenvalue weighted by molar-refractivity contribution is 7.98. The molecule has 1 aliphatic rings. The number of carbonyl (C=O) groups is 1. The molecule has 2 atom stereocenters. The molecular formula is C16H25N3O2S. The van der Waals surface area contributed by atoms with Crippen molar-refractivity contribution in [2.45, 2.75) is 57.9 Å². The molecule has 5 nitrogen and oxygen atoms in total. The molecule has 1 amide bonds. The van der Waals surface area contributed by atoms with Crippen LogP contribution >= 0.6 is 11.8 Å². The first-order chi connectivity index (χ1) is 10.4. The van der Waals surface area contributed by atoms with Crippen molar-refractivity contribution in [2.24, 2.45) is 0 Å². The van der Waals surface area contributed by atoms with E-state index in [0.717, 1.165) is 22.1 Å². The van der Waals surface area contributed by atoms with Crippen molar-refractivity contribution >= 4 is 17.7 Å². The molecule has 2 unspecified atom stereocenters. The minimum absolute atomic E-state index is 0.111. The van der Waals surface area contributed by atoms with Crippen LogP contribution in [-0.2, 0) is 16.0 Å². The summed E-state index contributed by atoms with van der Waals surface area (Å²) in [4.78, 5) is 23.3. The third-order valence-electron chi connectivity index (χ3n) is 3.94. The second-order valence-corrected chi connectivity index (χ2v) is 6.69. The van der Waals surface area contributed by atoms with Gasteiger partial charge in [-0.05, 0) is 45.9 Å². The maximum Gasteiger partial charge on any atom is 0.223 e. The maximum atomic E-state index is 12.4. The standard InChI is InChI=1S/C16H25N3O2S/c1-10-8-19(9-11(2)21-10)15(20)7-6-14-12(3)17-16(22-5)18-13(14)4/h10-11H,6-9H2,1-5H3. The molecule has 0 N–H and O–H groups in total. The lowest BCUT2D eigenvalue weighted by Gasteiger charge is -2.35. The molecule has 22 heavy (non-hydrogen) atoms. The van der Waals surface area contributed by atoms with Crippen LogP contribution < -0.4 is 0 Å². The van der Waals surface area contributed by atoms with Gasteiger partial charge < -0.3 is 9.64 Å². The number of aryl methyl sites for hydroxylation is 2. The molecule has 122 valence electrons. The third-order valence-corrected chi connectivity index (χ3v) is 4.49. The van der Waals surface area contributed by atoms with Gasteiger partial charge in [0, 0.05) is 30.9 Å². The van der Waals surface area contributed by atoms with Gasteiger partial charge in [0.15, 0.2) is 5.16 Å². The molecule has 1 aliphatic heterocycles. The van der Waals surface area contributed by atoms with E-state index in [1.54, 1.807) is 11.8 Å². The number of aromatic nitrogens is 2. The van der Waals surface area contributed by atoms with E-state index in [1.807, 2.05) is 38.9 Å². The number of thioether (sulfide) groups is 1. The zero-order chi connectivity index (χ0) is 16.3. The van der Waals surface area contributed by atoms with Crippen molar-refractivity contribution in [3.63, 3.8) is 0 Å². The molecule has 1 aromatic heterocycles. The van der Waals surface area contributed by atoms with Crippen LogP contribution in [-0.4, -0.2) is 52.3 Å². The number of carbonyl (C=O) groups excluding carboxylic acids is 1. The van der Waals surface area contributed by atoms with Crippen molar-refractivity contribution in [1.82, 2.24) is 14.9 Å². The van der Waals surface area contributed by atoms with E-state index in [-0.39, 0.29) is 18.1 Å². The van der Waals surface area contributed by atoms with Crippen LogP contribution in [0.2, 0.25) is 0 Å². The van der Waals surface area contributed by atoms with E-state index < -0.39 is 0 Å². The molecule has 0 saturated carbocycles. The van der Waals surface area contributed by atoms with E-state index >= 15 is 0 Å². The Labute approximate surface area is 136 Å². The first-order valence-electron chi connectivity index (χ1n) is 7.72. The summed E-state index contributed by atoms with van der Waals surface area (Å²) in [5.74, 6) is 0.190. The van der Waals surface area contributed by atoms with Crippen LogP contribution in [0, 0.1) is 13.8 Å². The van der Waals surface area contributed by atoms with Gasteiger partial charge in [0.1, 0.15) is 0 Å². The molecule has 2 heterocycles. The molecule has 0 bridgehead atoms. The lowest BCUT2D eigenvalue weighted by atomic mass is 10.1. The Kier molecular flexibility index (Phi) is 5.81. The zero-order valence-electron chi connectivity index (χ0n) is 14.0. The highest BCUT2D eigenvalue weighted by Gasteiger charge is 2.25. The zero-order valence-corrected chi connectivity index (χ0v) is 14.9. The van der Waals surface area contributed by atoms with Gasteiger partial charge >= 0.3 is 0 Å². The van der Waals surface area contributed by atoms with Crippen molar-refractivity contribution in [2.75, 3.05) is 19.3 Å². The van der Waals surface area contributed by atoms with Gasteiger partial charge in [-0.25, -0.2) is 9.97 Å². The van der Waals surface area contributed by atoms with Gasteiger partial charge in [-0.3, -0.25) is 4.79 Å². The first-order valence-corrected chi connectivity index (χ1v) is 8.94. The van der Waals surface area contributed by atoms with E-state index in [0.29, 0.717) is 25.9 Å². The van der Waals surface area contributed by atoms with Crippen LogP contribution in [0.15, 0.2) is 5.16 Å². The Hall–Kier alpha value is -1.14. The van der Waals surface area contributed by atoms with Crippen LogP contribution in [0.4, 0.5) is 0 Å². The van der Waals surface area contributed by atoms with E-state index in [1.165, 1.54) is 0 Å². The Morgan fingerprint density at radius 1 is 1.23 bits per heavy atom. The van der Waals surface area contributed by atoms with Crippen LogP contribution in [0.25, 0.3) is 0 Å². The Morgan fingerprint density at radius 3 is 2.27 bits per heavy atom. The molecule has 6 heteroatoms. The predicted octanol–water partition coefficient (Wildman–Crippen LogP) is 2.38. The summed E-state index contributed by atoms with van der Waals surface area (Å²) in [6.45, 7) is 9.38.